The zero-order valence-electron chi connectivity index (χ0n) is 19.4. The highest BCUT2D eigenvalue weighted by Crippen LogP contribution is 2.37. The molecule has 5 nitrogen and oxygen atoms in total. The number of aryl methyl sites for hydroxylation is 1. The number of anilines is 1. The Balaban J connectivity index is 1.68. The van der Waals surface area contributed by atoms with Gasteiger partial charge in [0.2, 0.25) is 0 Å². The first-order valence-electron chi connectivity index (χ1n) is 11.8. The van der Waals surface area contributed by atoms with E-state index in [4.69, 9.17) is 19.1 Å². The molecule has 0 radical (unpaired) electrons. The molecule has 5 heteroatoms. The zero-order chi connectivity index (χ0) is 21.8. The number of fused-ring (bicyclic) bond motifs is 3. The van der Waals surface area contributed by atoms with Crippen molar-refractivity contribution in [2.75, 3.05) is 31.1 Å². The van der Waals surface area contributed by atoms with Gasteiger partial charge in [0.1, 0.15) is 23.6 Å². The van der Waals surface area contributed by atoms with Gasteiger partial charge in [-0.25, -0.2) is 4.98 Å². The summed E-state index contributed by atoms with van der Waals surface area (Å²) in [5.41, 5.74) is 4.75. The fourth-order valence-electron chi connectivity index (χ4n) is 4.19. The molecule has 31 heavy (non-hydrogen) atoms. The van der Waals surface area contributed by atoms with Crippen molar-refractivity contribution in [3.05, 3.63) is 35.2 Å². The number of ether oxygens (including phenoxy) is 1. The van der Waals surface area contributed by atoms with Gasteiger partial charge in [0.25, 0.3) is 0 Å². The number of rotatable bonds is 8. The maximum absolute atomic E-state index is 6.32. The van der Waals surface area contributed by atoms with E-state index in [2.05, 4.69) is 44.7 Å². The van der Waals surface area contributed by atoms with Gasteiger partial charge in [0, 0.05) is 31.3 Å². The average Bonchev–Trinajstić information content (AvgIpc) is 2.74. The molecule has 4 rings (SSSR count). The van der Waals surface area contributed by atoms with Crippen LogP contribution in [0.4, 0.5) is 5.69 Å². The average molecular weight is 422 g/mol. The molecule has 0 atom stereocenters. The van der Waals surface area contributed by atoms with E-state index in [-0.39, 0.29) is 0 Å². The van der Waals surface area contributed by atoms with E-state index >= 15 is 0 Å². The van der Waals surface area contributed by atoms with Crippen molar-refractivity contribution in [3.63, 3.8) is 0 Å². The third kappa shape index (κ3) is 5.03. The number of nitrogens with zero attached hydrogens (tertiary/aromatic N) is 3. The summed E-state index contributed by atoms with van der Waals surface area (Å²) < 4.78 is 12.3. The summed E-state index contributed by atoms with van der Waals surface area (Å²) in [6.45, 7) is 12.4. The van der Waals surface area contributed by atoms with Crippen LogP contribution in [0, 0.1) is 12.8 Å². The first-order valence-corrected chi connectivity index (χ1v) is 11.8. The SMILES string of the molecule is CCCCC/N=c1/cc2oc3cc4c(cc3nc-2cc1C)OCCN4CCCC(C)C. The number of unbranched alkanes of at least 4 members (excludes halogenated alkanes) is 2. The molecular formula is C26H35N3O2. The second-order valence-electron chi connectivity index (χ2n) is 9.07. The molecule has 0 saturated heterocycles. The van der Waals surface area contributed by atoms with E-state index in [1.54, 1.807) is 0 Å². The largest absolute Gasteiger partial charge is 0.489 e. The minimum Gasteiger partial charge on any atom is -0.489 e. The summed E-state index contributed by atoms with van der Waals surface area (Å²) in [4.78, 5) is 12.1. The van der Waals surface area contributed by atoms with Crippen molar-refractivity contribution >= 4 is 16.8 Å². The maximum atomic E-state index is 6.32. The Labute approximate surface area is 185 Å². The Bertz CT molecular complexity index is 1070. The van der Waals surface area contributed by atoms with Crippen LogP contribution in [-0.4, -0.2) is 31.2 Å². The lowest BCUT2D eigenvalue weighted by Gasteiger charge is -2.31. The molecule has 0 spiro atoms. The van der Waals surface area contributed by atoms with E-state index in [0.29, 0.717) is 6.61 Å². The number of aromatic nitrogens is 1. The first-order chi connectivity index (χ1) is 15.0. The lowest BCUT2D eigenvalue weighted by Crippen LogP contribution is -2.33. The molecule has 1 aromatic carbocycles. The predicted molar refractivity (Wildman–Crippen MR) is 127 cm³/mol. The third-order valence-electron chi connectivity index (χ3n) is 5.99. The fraction of sp³-hybridized carbons (Fsp3) is 0.538. The molecule has 1 aromatic rings. The van der Waals surface area contributed by atoms with Crippen LogP contribution < -0.4 is 15.0 Å². The van der Waals surface area contributed by atoms with Crippen molar-refractivity contribution < 1.29 is 9.15 Å². The van der Waals surface area contributed by atoms with Gasteiger partial charge in [-0.3, -0.25) is 4.99 Å². The van der Waals surface area contributed by atoms with Gasteiger partial charge >= 0.3 is 0 Å². The molecular weight excluding hydrogens is 386 g/mol. The molecule has 166 valence electrons. The highest BCUT2D eigenvalue weighted by molar-refractivity contribution is 5.84. The van der Waals surface area contributed by atoms with Crippen molar-refractivity contribution in [2.45, 2.75) is 59.8 Å². The molecule has 0 fully saturated rings. The molecule has 0 aromatic heterocycles. The normalized spacial score (nSPS) is 14.5. The summed E-state index contributed by atoms with van der Waals surface area (Å²) in [5.74, 6) is 2.42. The lowest BCUT2D eigenvalue weighted by atomic mass is 10.1. The second-order valence-corrected chi connectivity index (χ2v) is 9.07. The van der Waals surface area contributed by atoms with Crippen LogP contribution in [0.5, 0.6) is 5.75 Å². The van der Waals surface area contributed by atoms with Crippen LogP contribution in [0.1, 0.15) is 58.4 Å². The lowest BCUT2D eigenvalue weighted by molar-refractivity contribution is 0.306. The monoisotopic (exact) mass is 421 g/mol. The number of benzene rings is 2. The van der Waals surface area contributed by atoms with Crippen LogP contribution >= 0.6 is 0 Å². The number of hydrogen-bond donors (Lipinski definition) is 0. The van der Waals surface area contributed by atoms with Crippen LogP contribution in [0.15, 0.2) is 33.7 Å². The standard InChI is InChI=1S/C26H35N3O2/c1-5-6-7-10-27-20-15-24-21(14-19(20)4)28-22-16-26-23(17-25(22)31-24)29(12-13-30-26)11-8-9-18(2)3/h14-18H,5-13H2,1-4H3/b27-20-. The highest BCUT2D eigenvalue weighted by Gasteiger charge is 2.21. The molecule has 0 unspecified atom stereocenters. The Kier molecular flexibility index (Phi) is 6.79. The fourth-order valence-corrected chi connectivity index (χ4v) is 4.19. The Morgan fingerprint density at radius 1 is 1.13 bits per heavy atom. The van der Waals surface area contributed by atoms with Crippen molar-refractivity contribution in [3.8, 4) is 17.2 Å². The summed E-state index contributed by atoms with van der Waals surface area (Å²) in [6, 6.07) is 8.25. The van der Waals surface area contributed by atoms with Gasteiger partial charge in [0.05, 0.1) is 17.6 Å². The van der Waals surface area contributed by atoms with Crippen LogP contribution in [0.2, 0.25) is 0 Å². The van der Waals surface area contributed by atoms with E-state index in [0.717, 1.165) is 76.9 Å². The molecule has 0 amide bonds. The van der Waals surface area contributed by atoms with Crippen LogP contribution in [0.3, 0.4) is 0 Å². The van der Waals surface area contributed by atoms with Crippen LogP contribution in [-0.2, 0) is 0 Å². The van der Waals surface area contributed by atoms with Gasteiger partial charge in [-0.2, -0.15) is 0 Å². The van der Waals surface area contributed by atoms with Crippen molar-refractivity contribution in [2.24, 2.45) is 10.9 Å². The molecule has 0 saturated carbocycles. The second kappa shape index (κ2) is 9.71. The van der Waals surface area contributed by atoms with Crippen LogP contribution in [0.25, 0.3) is 22.6 Å². The zero-order valence-corrected chi connectivity index (χ0v) is 19.4. The minimum atomic E-state index is 0.715. The van der Waals surface area contributed by atoms with Crippen molar-refractivity contribution in [1.82, 2.24) is 4.98 Å². The first kappa shape index (κ1) is 21.7. The minimum absolute atomic E-state index is 0.715. The Hall–Kier alpha value is -2.56. The van der Waals surface area contributed by atoms with Gasteiger partial charge < -0.3 is 14.1 Å². The van der Waals surface area contributed by atoms with Crippen molar-refractivity contribution in [1.29, 1.82) is 0 Å². The third-order valence-corrected chi connectivity index (χ3v) is 5.99. The summed E-state index contributed by atoms with van der Waals surface area (Å²) in [5, 5.41) is 1.00. The van der Waals surface area contributed by atoms with Gasteiger partial charge in [0.15, 0.2) is 11.3 Å². The highest BCUT2D eigenvalue weighted by atomic mass is 16.5. The summed E-state index contributed by atoms with van der Waals surface area (Å²) in [6.07, 6.45) is 5.97. The van der Waals surface area contributed by atoms with Gasteiger partial charge in [-0.15, -0.1) is 0 Å². The summed E-state index contributed by atoms with van der Waals surface area (Å²) >= 11 is 0. The van der Waals surface area contributed by atoms with E-state index in [1.165, 1.54) is 25.7 Å². The Morgan fingerprint density at radius 2 is 2.00 bits per heavy atom. The summed E-state index contributed by atoms with van der Waals surface area (Å²) in [7, 11) is 0. The van der Waals surface area contributed by atoms with Gasteiger partial charge in [-0.1, -0.05) is 33.6 Å². The van der Waals surface area contributed by atoms with Gasteiger partial charge in [-0.05, 0) is 43.7 Å². The molecule has 1 aliphatic carbocycles. The maximum Gasteiger partial charge on any atom is 0.155 e. The quantitative estimate of drug-likeness (QED) is 0.332. The van der Waals surface area contributed by atoms with E-state index < -0.39 is 0 Å². The molecule has 3 aliphatic rings. The molecule has 0 bridgehead atoms. The smallest absolute Gasteiger partial charge is 0.155 e. The molecule has 0 N–H and O–H groups in total. The molecule has 2 heterocycles. The predicted octanol–water partition coefficient (Wildman–Crippen LogP) is 5.97. The van der Waals surface area contributed by atoms with E-state index in [1.807, 2.05) is 12.1 Å². The Morgan fingerprint density at radius 3 is 2.81 bits per heavy atom. The topological polar surface area (TPSA) is 50.9 Å². The van der Waals surface area contributed by atoms with E-state index in [9.17, 15) is 0 Å². The number of hydrogen-bond acceptors (Lipinski definition) is 5. The molecule has 2 aliphatic heterocycles.